The first-order valence-electron chi connectivity index (χ1n) is 5.85. The first-order valence-corrected chi connectivity index (χ1v) is 6.77. The van der Waals surface area contributed by atoms with Crippen LogP contribution in [0.2, 0.25) is 5.02 Å². The number of halogens is 2. The molecule has 18 heavy (non-hydrogen) atoms. The number of hydrogen-bond acceptors (Lipinski definition) is 1. The summed E-state index contributed by atoms with van der Waals surface area (Å²) in [7, 11) is 0. The van der Waals surface area contributed by atoms with Crippen molar-refractivity contribution in [1.29, 1.82) is 0 Å². The Morgan fingerprint density at radius 1 is 0.944 bits per heavy atom. The summed E-state index contributed by atoms with van der Waals surface area (Å²) in [6.45, 7) is 0.601. The zero-order valence-corrected chi connectivity index (χ0v) is 11.4. The van der Waals surface area contributed by atoms with Gasteiger partial charge in [-0.2, -0.15) is 0 Å². The van der Waals surface area contributed by atoms with E-state index < -0.39 is 0 Å². The van der Waals surface area contributed by atoms with E-state index in [0.29, 0.717) is 17.5 Å². The van der Waals surface area contributed by atoms with E-state index in [4.69, 9.17) is 27.9 Å². The van der Waals surface area contributed by atoms with E-state index in [1.807, 2.05) is 48.5 Å². The highest BCUT2D eigenvalue weighted by Gasteiger charge is 2.10. The number of benzene rings is 2. The molecule has 0 amide bonds. The molecular weight excluding hydrogens is 267 g/mol. The van der Waals surface area contributed by atoms with Gasteiger partial charge in [0.25, 0.3) is 0 Å². The van der Waals surface area contributed by atoms with Crippen molar-refractivity contribution in [2.75, 3.05) is 12.5 Å². The van der Waals surface area contributed by atoms with Crippen LogP contribution in [-0.2, 0) is 0 Å². The molecule has 0 aliphatic rings. The fourth-order valence-electron chi connectivity index (χ4n) is 1.75. The lowest BCUT2D eigenvalue weighted by atomic mass is 10.0. The molecular formula is C15H14Cl2O. The van der Waals surface area contributed by atoms with Crippen LogP contribution in [0.5, 0.6) is 5.75 Å². The van der Waals surface area contributed by atoms with E-state index in [2.05, 4.69) is 0 Å². The maximum atomic E-state index is 6.27. The molecule has 0 heterocycles. The molecule has 3 heteroatoms. The molecule has 0 saturated carbocycles. The lowest BCUT2D eigenvalue weighted by molar-refractivity contribution is 0.319. The van der Waals surface area contributed by atoms with E-state index in [-0.39, 0.29) is 0 Å². The van der Waals surface area contributed by atoms with Gasteiger partial charge in [0.1, 0.15) is 5.75 Å². The van der Waals surface area contributed by atoms with Crippen LogP contribution in [0, 0.1) is 0 Å². The quantitative estimate of drug-likeness (QED) is 0.552. The highest BCUT2D eigenvalue weighted by atomic mass is 35.5. The van der Waals surface area contributed by atoms with Crippen LogP contribution >= 0.6 is 23.2 Å². The monoisotopic (exact) mass is 280 g/mol. The number of ether oxygens (including phenoxy) is 1. The third-order valence-corrected chi connectivity index (χ3v) is 3.16. The Morgan fingerprint density at radius 3 is 2.44 bits per heavy atom. The van der Waals surface area contributed by atoms with E-state index in [9.17, 15) is 0 Å². The highest BCUT2D eigenvalue weighted by Crippen LogP contribution is 2.36. The second kappa shape index (κ2) is 6.67. The zero-order chi connectivity index (χ0) is 12.8. The Kier molecular flexibility index (Phi) is 4.91. The molecule has 0 saturated heterocycles. The summed E-state index contributed by atoms with van der Waals surface area (Å²) in [6, 6.07) is 15.7. The zero-order valence-electron chi connectivity index (χ0n) is 9.90. The average molecular weight is 281 g/mol. The number of rotatable bonds is 5. The fraction of sp³-hybridized carbons (Fsp3) is 0.200. The molecule has 94 valence electrons. The molecule has 0 unspecified atom stereocenters. The van der Waals surface area contributed by atoms with Gasteiger partial charge in [0, 0.05) is 11.4 Å². The first kappa shape index (κ1) is 13.3. The van der Waals surface area contributed by atoms with Gasteiger partial charge in [-0.15, -0.1) is 11.6 Å². The Balaban J connectivity index is 2.33. The number of alkyl halides is 1. The Labute approximate surface area is 117 Å². The Morgan fingerprint density at radius 2 is 1.72 bits per heavy atom. The largest absolute Gasteiger partial charge is 0.493 e. The molecule has 1 nitrogen and oxygen atoms in total. The third kappa shape index (κ3) is 3.18. The summed E-state index contributed by atoms with van der Waals surface area (Å²) in [4.78, 5) is 0. The van der Waals surface area contributed by atoms with Gasteiger partial charge in [0.05, 0.1) is 11.6 Å². The SMILES string of the molecule is ClCCCOc1cccc(Cl)c1-c1ccccc1. The lowest BCUT2D eigenvalue weighted by Gasteiger charge is -2.12. The van der Waals surface area contributed by atoms with Crippen molar-refractivity contribution >= 4 is 23.2 Å². The van der Waals surface area contributed by atoms with Crippen LogP contribution < -0.4 is 4.74 Å². The molecule has 2 aromatic rings. The van der Waals surface area contributed by atoms with E-state index in [1.165, 1.54) is 0 Å². The summed E-state index contributed by atoms with van der Waals surface area (Å²) in [5.41, 5.74) is 2.00. The van der Waals surface area contributed by atoms with Crippen LogP contribution in [0.3, 0.4) is 0 Å². The smallest absolute Gasteiger partial charge is 0.128 e. The minimum absolute atomic E-state index is 0.598. The Hall–Kier alpha value is -1.18. The third-order valence-electron chi connectivity index (χ3n) is 2.57. The molecule has 2 rings (SSSR count). The second-order valence-corrected chi connectivity index (χ2v) is 4.66. The van der Waals surface area contributed by atoms with Gasteiger partial charge < -0.3 is 4.74 Å². The van der Waals surface area contributed by atoms with Crippen molar-refractivity contribution in [3.63, 3.8) is 0 Å². The van der Waals surface area contributed by atoms with Gasteiger partial charge in [0.2, 0.25) is 0 Å². The van der Waals surface area contributed by atoms with Crippen molar-refractivity contribution in [3.05, 3.63) is 53.6 Å². The van der Waals surface area contributed by atoms with Crippen molar-refractivity contribution in [2.24, 2.45) is 0 Å². The van der Waals surface area contributed by atoms with Crippen LogP contribution in [0.4, 0.5) is 0 Å². The van der Waals surface area contributed by atoms with Gasteiger partial charge in [-0.25, -0.2) is 0 Å². The molecule has 0 aliphatic heterocycles. The highest BCUT2D eigenvalue weighted by molar-refractivity contribution is 6.33. The normalized spacial score (nSPS) is 10.3. The van der Waals surface area contributed by atoms with Gasteiger partial charge >= 0.3 is 0 Å². The number of hydrogen-bond donors (Lipinski definition) is 0. The molecule has 2 aromatic carbocycles. The summed E-state index contributed by atoms with van der Waals surface area (Å²) in [6.07, 6.45) is 0.822. The van der Waals surface area contributed by atoms with Crippen molar-refractivity contribution < 1.29 is 4.74 Å². The van der Waals surface area contributed by atoms with E-state index in [1.54, 1.807) is 0 Å². The molecule has 0 aliphatic carbocycles. The minimum atomic E-state index is 0.598. The van der Waals surface area contributed by atoms with Crippen LogP contribution in [0.1, 0.15) is 6.42 Å². The second-order valence-electron chi connectivity index (χ2n) is 3.87. The molecule has 0 radical (unpaired) electrons. The van der Waals surface area contributed by atoms with Crippen LogP contribution in [0.25, 0.3) is 11.1 Å². The maximum Gasteiger partial charge on any atom is 0.128 e. The molecule has 0 bridgehead atoms. The summed E-state index contributed by atoms with van der Waals surface area (Å²) in [5, 5.41) is 0.699. The summed E-state index contributed by atoms with van der Waals surface area (Å²) < 4.78 is 5.74. The van der Waals surface area contributed by atoms with E-state index in [0.717, 1.165) is 23.3 Å². The fourth-order valence-corrected chi connectivity index (χ4v) is 2.13. The van der Waals surface area contributed by atoms with E-state index >= 15 is 0 Å². The molecule has 0 N–H and O–H groups in total. The Bertz CT molecular complexity index is 497. The van der Waals surface area contributed by atoms with Gasteiger partial charge in [-0.3, -0.25) is 0 Å². The maximum absolute atomic E-state index is 6.27. The summed E-state index contributed by atoms with van der Waals surface area (Å²) in [5.74, 6) is 1.40. The first-order chi connectivity index (χ1) is 8.83. The van der Waals surface area contributed by atoms with Crippen molar-refractivity contribution in [1.82, 2.24) is 0 Å². The molecule has 0 atom stereocenters. The minimum Gasteiger partial charge on any atom is -0.493 e. The molecule has 0 aromatic heterocycles. The van der Waals surface area contributed by atoms with Crippen molar-refractivity contribution in [2.45, 2.75) is 6.42 Å². The van der Waals surface area contributed by atoms with Crippen molar-refractivity contribution in [3.8, 4) is 16.9 Å². The van der Waals surface area contributed by atoms with Gasteiger partial charge in [-0.05, 0) is 24.1 Å². The topological polar surface area (TPSA) is 9.23 Å². The summed E-state index contributed by atoms with van der Waals surface area (Å²) >= 11 is 11.9. The molecule has 0 fully saturated rings. The predicted molar refractivity (Wildman–Crippen MR) is 77.7 cm³/mol. The predicted octanol–water partition coefficient (Wildman–Crippen LogP) is 5.01. The lowest BCUT2D eigenvalue weighted by Crippen LogP contribution is -1.99. The van der Waals surface area contributed by atoms with Gasteiger partial charge in [0.15, 0.2) is 0 Å². The molecule has 0 spiro atoms. The van der Waals surface area contributed by atoms with Crippen LogP contribution in [-0.4, -0.2) is 12.5 Å². The average Bonchev–Trinajstić information content (AvgIpc) is 2.40. The standard InChI is InChI=1S/C15H14Cl2O/c16-10-5-11-18-14-9-4-8-13(17)15(14)12-6-2-1-3-7-12/h1-4,6-9H,5,10-11H2. The van der Waals surface area contributed by atoms with Gasteiger partial charge in [-0.1, -0.05) is 48.0 Å². The van der Waals surface area contributed by atoms with Crippen LogP contribution in [0.15, 0.2) is 48.5 Å².